The highest BCUT2D eigenvalue weighted by Crippen LogP contribution is 2.21. The molecule has 2 heterocycles. The summed E-state index contributed by atoms with van der Waals surface area (Å²) in [5, 5.41) is 9.33. The predicted octanol–water partition coefficient (Wildman–Crippen LogP) is 2.36. The van der Waals surface area contributed by atoms with Gasteiger partial charge in [0.05, 0.1) is 6.33 Å². The Hall–Kier alpha value is -1.69. The normalized spacial score (nSPS) is 10.6. The number of carboxylic acid groups (broad SMARTS) is 1. The maximum atomic E-state index is 10.6. The largest absolute Gasteiger partial charge is 0.475 e. The Bertz CT molecular complexity index is 479. The molecule has 6 heteroatoms. The molecule has 0 amide bonds. The van der Waals surface area contributed by atoms with E-state index in [1.54, 1.807) is 18.6 Å². The first kappa shape index (κ1) is 11.8. The third kappa shape index (κ3) is 3.39. The summed E-state index contributed by atoms with van der Waals surface area (Å²) in [5.41, 5.74) is 0. The lowest BCUT2D eigenvalue weighted by molar-refractivity contribution is 0.0656. The van der Waals surface area contributed by atoms with E-state index in [0.717, 1.165) is 18.7 Å². The van der Waals surface area contributed by atoms with Gasteiger partial charge in [0.25, 0.3) is 0 Å². The molecule has 0 saturated carbocycles. The predicted molar refractivity (Wildman–Crippen MR) is 63.2 cm³/mol. The molecule has 2 rings (SSSR count). The zero-order valence-electron chi connectivity index (χ0n) is 9.07. The summed E-state index contributed by atoms with van der Waals surface area (Å²) in [6.45, 7) is 0.902. The third-order valence-corrected chi connectivity index (χ3v) is 3.15. The van der Waals surface area contributed by atoms with Gasteiger partial charge in [-0.3, -0.25) is 0 Å². The van der Waals surface area contributed by atoms with Crippen molar-refractivity contribution in [1.29, 1.82) is 0 Å². The van der Waals surface area contributed by atoms with Crippen LogP contribution in [0.4, 0.5) is 0 Å². The Morgan fingerprint density at radius 1 is 1.53 bits per heavy atom. The van der Waals surface area contributed by atoms with Crippen LogP contribution in [-0.2, 0) is 6.54 Å². The molecule has 0 aliphatic heterocycles. The van der Waals surface area contributed by atoms with Crippen LogP contribution in [0.2, 0.25) is 0 Å². The van der Waals surface area contributed by atoms with E-state index in [0.29, 0.717) is 5.09 Å². The molecular weight excluding hydrogens is 240 g/mol. The zero-order chi connectivity index (χ0) is 12.1. The van der Waals surface area contributed by atoms with Crippen LogP contribution in [0.15, 0.2) is 40.4 Å². The molecule has 0 bridgehead atoms. The summed E-state index contributed by atoms with van der Waals surface area (Å²) < 4.78 is 7.13. The van der Waals surface area contributed by atoms with Gasteiger partial charge in [-0.05, 0) is 18.6 Å². The van der Waals surface area contributed by atoms with Crippen molar-refractivity contribution in [3.8, 4) is 0 Å². The molecule has 1 N–H and O–H groups in total. The average Bonchev–Trinajstić information content (AvgIpc) is 2.96. The fourth-order valence-electron chi connectivity index (χ4n) is 1.35. The SMILES string of the molecule is O=C(O)c1ccc(SCCCn2ccnc2)o1. The topological polar surface area (TPSA) is 68.3 Å². The lowest BCUT2D eigenvalue weighted by Gasteiger charge is -2.00. The van der Waals surface area contributed by atoms with Crippen molar-refractivity contribution in [2.45, 2.75) is 18.1 Å². The summed E-state index contributed by atoms with van der Waals surface area (Å²) in [5.74, 6) is -0.164. The quantitative estimate of drug-likeness (QED) is 0.631. The van der Waals surface area contributed by atoms with E-state index in [2.05, 4.69) is 4.98 Å². The molecule has 90 valence electrons. The fourth-order valence-corrected chi connectivity index (χ4v) is 2.14. The number of imidazole rings is 1. The van der Waals surface area contributed by atoms with Crippen LogP contribution in [-0.4, -0.2) is 26.4 Å². The van der Waals surface area contributed by atoms with Crippen LogP contribution in [0.1, 0.15) is 17.0 Å². The summed E-state index contributed by atoms with van der Waals surface area (Å²) >= 11 is 1.52. The molecule has 0 fully saturated rings. The number of nitrogens with zero attached hydrogens (tertiary/aromatic N) is 2. The molecule has 0 aliphatic rings. The Kier molecular flexibility index (Phi) is 3.87. The molecule has 0 radical (unpaired) electrons. The Morgan fingerprint density at radius 2 is 2.41 bits per heavy atom. The van der Waals surface area contributed by atoms with Crippen LogP contribution < -0.4 is 0 Å². The van der Waals surface area contributed by atoms with Gasteiger partial charge >= 0.3 is 5.97 Å². The van der Waals surface area contributed by atoms with Gasteiger partial charge in [0.1, 0.15) is 0 Å². The highest BCUT2D eigenvalue weighted by molar-refractivity contribution is 7.99. The van der Waals surface area contributed by atoms with E-state index in [1.165, 1.54) is 17.8 Å². The number of thioether (sulfide) groups is 1. The van der Waals surface area contributed by atoms with Crippen molar-refractivity contribution in [2.75, 3.05) is 5.75 Å². The molecule has 0 atom stereocenters. The number of carboxylic acids is 1. The van der Waals surface area contributed by atoms with E-state index in [1.807, 2.05) is 10.8 Å². The highest BCUT2D eigenvalue weighted by atomic mass is 32.2. The molecular formula is C11H12N2O3S. The Labute approximate surface area is 102 Å². The number of furan rings is 1. The molecule has 0 spiro atoms. The van der Waals surface area contributed by atoms with Gasteiger partial charge in [-0.25, -0.2) is 9.78 Å². The molecule has 2 aromatic heterocycles. The number of carbonyl (C=O) groups is 1. The fraction of sp³-hybridized carbons (Fsp3) is 0.273. The van der Waals surface area contributed by atoms with Crippen LogP contribution in [0.3, 0.4) is 0 Å². The van der Waals surface area contributed by atoms with Crippen LogP contribution in [0, 0.1) is 0 Å². The maximum Gasteiger partial charge on any atom is 0.371 e. The Balaban J connectivity index is 1.72. The van der Waals surface area contributed by atoms with Crippen molar-refractivity contribution < 1.29 is 14.3 Å². The zero-order valence-corrected chi connectivity index (χ0v) is 9.89. The molecule has 0 aliphatic carbocycles. The van der Waals surface area contributed by atoms with E-state index in [4.69, 9.17) is 9.52 Å². The van der Waals surface area contributed by atoms with E-state index < -0.39 is 5.97 Å². The van der Waals surface area contributed by atoms with Gasteiger partial charge in [-0.1, -0.05) is 11.8 Å². The maximum absolute atomic E-state index is 10.6. The second-order valence-electron chi connectivity index (χ2n) is 3.43. The number of hydrogen-bond acceptors (Lipinski definition) is 4. The highest BCUT2D eigenvalue weighted by Gasteiger charge is 2.08. The number of hydrogen-bond donors (Lipinski definition) is 1. The number of rotatable bonds is 6. The second-order valence-corrected chi connectivity index (χ2v) is 4.53. The van der Waals surface area contributed by atoms with Crippen molar-refractivity contribution in [2.24, 2.45) is 0 Å². The lowest BCUT2D eigenvalue weighted by atomic mass is 10.5. The number of aromatic carboxylic acids is 1. The molecule has 5 nitrogen and oxygen atoms in total. The monoisotopic (exact) mass is 252 g/mol. The van der Waals surface area contributed by atoms with Crippen molar-refractivity contribution in [3.05, 3.63) is 36.6 Å². The van der Waals surface area contributed by atoms with Gasteiger partial charge < -0.3 is 14.1 Å². The number of aryl methyl sites for hydroxylation is 1. The molecule has 0 unspecified atom stereocenters. The van der Waals surface area contributed by atoms with E-state index in [9.17, 15) is 4.79 Å². The standard InChI is InChI=1S/C11H12N2O3S/c14-11(15)9-2-3-10(16-9)17-7-1-5-13-6-4-12-8-13/h2-4,6,8H,1,5,7H2,(H,14,15). The van der Waals surface area contributed by atoms with E-state index in [-0.39, 0.29) is 5.76 Å². The van der Waals surface area contributed by atoms with Crippen molar-refractivity contribution >= 4 is 17.7 Å². The first-order valence-corrected chi connectivity index (χ1v) is 6.16. The minimum atomic E-state index is -1.03. The minimum Gasteiger partial charge on any atom is -0.475 e. The van der Waals surface area contributed by atoms with Gasteiger partial charge in [0.2, 0.25) is 5.76 Å². The second kappa shape index (κ2) is 5.58. The molecule has 2 aromatic rings. The van der Waals surface area contributed by atoms with Crippen molar-refractivity contribution in [3.63, 3.8) is 0 Å². The molecule has 0 aromatic carbocycles. The minimum absolute atomic E-state index is 0.0119. The molecule has 0 saturated heterocycles. The van der Waals surface area contributed by atoms with E-state index >= 15 is 0 Å². The van der Waals surface area contributed by atoms with Gasteiger partial charge in [0, 0.05) is 24.7 Å². The summed E-state index contributed by atoms with van der Waals surface area (Å²) in [6, 6.07) is 3.16. The third-order valence-electron chi connectivity index (χ3n) is 2.16. The first-order chi connectivity index (χ1) is 8.25. The van der Waals surface area contributed by atoms with Gasteiger partial charge in [0.15, 0.2) is 5.09 Å². The van der Waals surface area contributed by atoms with Gasteiger partial charge in [-0.15, -0.1) is 0 Å². The van der Waals surface area contributed by atoms with Crippen LogP contribution in [0.5, 0.6) is 0 Å². The Morgan fingerprint density at radius 3 is 3.06 bits per heavy atom. The number of aromatic nitrogens is 2. The summed E-state index contributed by atoms with van der Waals surface area (Å²) in [6.07, 6.45) is 6.42. The van der Waals surface area contributed by atoms with Gasteiger partial charge in [-0.2, -0.15) is 0 Å². The first-order valence-electron chi connectivity index (χ1n) is 5.17. The summed E-state index contributed by atoms with van der Waals surface area (Å²) in [4.78, 5) is 14.5. The van der Waals surface area contributed by atoms with Crippen LogP contribution >= 0.6 is 11.8 Å². The average molecular weight is 252 g/mol. The smallest absolute Gasteiger partial charge is 0.371 e. The van der Waals surface area contributed by atoms with Crippen LogP contribution in [0.25, 0.3) is 0 Å². The molecule has 17 heavy (non-hydrogen) atoms. The summed E-state index contributed by atoms with van der Waals surface area (Å²) in [7, 11) is 0. The lowest BCUT2D eigenvalue weighted by Crippen LogP contribution is -1.95. The van der Waals surface area contributed by atoms with Crippen molar-refractivity contribution in [1.82, 2.24) is 9.55 Å².